The Labute approximate surface area is 118 Å². The number of nitrogens with zero attached hydrogens (tertiary/aromatic N) is 1. The van der Waals surface area contributed by atoms with Crippen molar-refractivity contribution >= 4 is 17.5 Å². The Morgan fingerprint density at radius 1 is 1.40 bits per heavy atom. The first-order valence-electron chi connectivity index (χ1n) is 6.02. The molecule has 2 rings (SSSR count). The average molecular weight is 310 g/mol. The lowest BCUT2D eigenvalue weighted by atomic mass is 10.0. The van der Waals surface area contributed by atoms with E-state index in [9.17, 15) is 22.4 Å². The molecule has 1 unspecified atom stereocenters. The third-order valence-electron chi connectivity index (χ3n) is 3.44. The van der Waals surface area contributed by atoms with E-state index in [0.717, 1.165) is 0 Å². The van der Waals surface area contributed by atoms with E-state index in [0.29, 0.717) is 16.0 Å². The van der Waals surface area contributed by atoms with Crippen LogP contribution in [0.5, 0.6) is 0 Å². The smallest absolute Gasteiger partial charge is 0.330 e. The molecule has 2 atom stereocenters. The molecule has 0 spiro atoms. The van der Waals surface area contributed by atoms with Crippen LogP contribution in [0, 0.1) is 5.82 Å². The van der Waals surface area contributed by atoms with E-state index >= 15 is 0 Å². The molecule has 1 aromatic carbocycles. The van der Waals surface area contributed by atoms with Gasteiger partial charge in [-0.2, -0.15) is 13.2 Å². The minimum absolute atomic E-state index is 0.140. The highest BCUT2D eigenvalue weighted by Gasteiger charge is 2.45. The minimum atomic E-state index is -4.94. The Morgan fingerprint density at radius 3 is 2.65 bits per heavy atom. The van der Waals surface area contributed by atoms with E-state index in [4.69, 9.17) is 11.6 Å². The minimum Gasteiger partial charge on any atom is -0.330 e. The fourth-order valence-corrected chi connectivity index (χ4v) is 2.72. The Hall–Kier alpha value is -1.30. The Bertz CT molecular complexity index is 532. The Kier molecular flexibility index (Phi) is 3.95. The van der Waals surface area contributed by atoms with Crippen LogP contribution in [0.4, 0.5) is 17.6 Å². The van der Waals surface area contributed by atoms with Gasteiger partial charge in [-0.25, -0.2) is 4.39 Å². The summed E-state index contributed by atoms with van der Waals surface area (Å²) in [6, 6.07) is 3.10. The maximum atomic E-state index is 13.2. The lowest BCUT2D eigenvalue weighted by molar-refractivity contribution is -0.187. The predicted octanol–water partition coefficient (Wildman–Crippen LogP) is 3.44. The molecule has 110 valence electrons. The second-order valence-corrected chi connectivity index (χ2v) is 5.20. The highest BCUT2D eigenvalue weighted by molar-refractivity contribution is 6.21. The highest BCUT2D eigenvalue weighted by Crippen LogP contribution is 2.35. The molecule has 1 aliphatic rings. The van der Waals surface area contributed by atoms with Gasteiger partial charge in [-0.05, 0) is 36.6 Å². The molecule has 0 saturated carbocycles. The summed E-state index contributed by atoms with van der Waals surface area (Å²) in [4.78, 5) is 12.1. The SMILES string of the molecule is CC1[C@@H](Cl)c2ccc(F)cc2CCN1C(=O)C(F)(F)F. The number of hydrogen-bond acceptors (Lipinski definition) is 1. The summed E-state index contributed by atoms with van der Waals surface area (Å²) in [6.45, 7) is 1.32. The molecular formula is C13H12ClF4NO. The van der Waals surface area contributed by atoms with Crippen molar-refractivity contribution in [2.24, 2.45) is 0 Å². The maximum Gasteiger partial charge on any atom is 0.471 e. The first-order valence-corrected chi connectivity index (χ1v) is 6.45. The summed E-state index contributed by atoms with van der Waals surface area (Å²) >= 11 is 6.16. The first-order chi connectivity index (χ1) is 9.21. The summed E-state index contributed by atoms with van der Waals surface area (Å²) in [6.07, 6.45) is -4.80. The van der Waals surface area contributed by atoms with E-state index < -0.39 is 29.3 Å². The molecule has 0 aliphatic carbocycles. The molecule has 1 aromatic rings. The van der Waals surface area contributed by atoms with Crippen LogP contribution in [-0.2, 0) is 11.2 Å². The predicted molar refractivity (Wildman–Crippen MR) is 65.9 cm³/mol. The number of rotatable bonds is 0. The van der Waals surface area contributed by atoms with Crippen molar-refractivity contribution in [3.8, 4) is 0 Å². The number of benzene rings is 1. The molecule has 0 radical (unpaired) electrons. The highest BCUT2D eigenvalue weighted by atomic mass is 35.5. The molecule has 2 nitrogen and oxygen atoms in total. The van der Waals surface area contributed by atoms with Gasteiger partial charge in [-0.3, -0.25) is 4.79 Å². The summed E-state index contributed by atoms with van der Waals surface area (Å²) in [5, 5.41) is -0.806. The van der Waals surface area contributed by atoms with Crippen LogP contribution in [-0.4, -0.2) is 29.6 Å². The summed E-state index contributed by atoms with van der Waals surface area (Å²) in [7, 11) is 0. The van der Waals surface area contributed by atoms with Gasteiger partial charge in [-0.1, -0.05) is 6.07 Å². The van der Waals surface area contributed by atoms with Gasteiger partial charge in [0, 0.05) is 12.6 Å². The molecule has 0 saturated heterocycles. The van der Waals surface area contributed by atoms with Crippen LogP contribution in [0.25, 0.3) is 0 Å². The van der Waals surface area contributed by atoms with E-state index in [1.54, 1.807) is 0 Å². The zero-order valence-electron chi connectivity index (χ0n) is 10.5. The average Bonchev–Trinajstić information content (AvgIpc) is 2.47. The van der Waals surface area contributed by atoms with E-state index in [2.05, 4.69) is 0 Å². The Morgan fingerprint density at radius 2 is 2.05 bits per heavy atom. The van der Waals surface area contributed by atoms with E-state index in [-0.39, 0.29) is 13.0 Å². The first kappa shape index (κ1) is 15.1. The van der Waals surface area contributed by atoms with Crippen molar-refractivity contribution in [2.45, 2.75) is 30.9 Å². The molecule has 1 amide bonds. The molecule has 0 aromatic heterocycles. The van der Waals surface area contributed by atoms with Gasteiger partial charge in [0.2, 0.25) is 0 Å². The van der Waals surface area contributed by atoms with Gasteiger partial charge in [0.1, 0.15) is 5.82 Å². The number of carbonyl (C=O) groups is 1. The number of fused-ring (bicyclic) bond motifs is 1. The molecule has 0 bridgehead atoms. The third-order valence-corrected chi connectivity index (χ3v) is 4.04. The van der Waals surface area contributed by atoms with Crippen molar-refractivity contribution in [2.75, 3.05) is 6.54 Å². The quantitative estimate of drug-likeness (QED) is 0.531. The van der Waals surface area contributed by atoms with Gasteiger partial charge in [-0.15, -0.1) is 11.6 Å². The maximum absolute atomic E-state index is 13.2. The van der Waals surface area contributed by atoms with Crippen molar-refractivity contribution in [3.05, 3.63) is 35.1 Å². The number of alkyl halides is 4. The monoisotopic (exact) mass is 309 g/mol. The lowest BCUT2D eigenvalue weighted by Gasteiger charge is -2.30. The molecule has 0 N–H and O–H groups in total. The molecule has 20 heavy (non-hydrogen) atoms. The molecular weight excluding hydrogens is 298 g/mol. The largest absolute Gasteiger partial charge is 0.471 e. The van der Waals surface area contributed by atoms with Crippen molar-refractivity contribution in [1.29, 1.82) is 0 Å². The van der Waals surface area contributed by atoms with Gasteiger partial charge in [0.15, 0.2) is 0 Å². The zero-order chi connectivity index (χ0) is 15.1. The molecule has 0 fully saturated rings. The Balaban J connectivity index is 2.35. The second-order valence-electron chi connectivity index (χ2n) is 4.73. The topological polar surface area (TPSA) is 20.3 Å². The van der Waals surface area contributed by atoms with Crippen LogP contribution in [0.1, 0.15) is 23.4 Å². The van der Waals surface area contributed by atoms with Gasteiger partial charge < -0.3 is 4.90 Å². The number of carbonyl (C=O) groups excluding carboxylic acids is 1. The van der Waals surface area contributed by atoms with Crippen molar-refractivity contribution < 1.29 is 22.4 Å². The third kappa shape index (κ3) is 2.75. The van der Waals surface area contributed by atoms with Crippen LogP contribution < -0.4 is 0 Å². The summed E-state index contributed by atoms with van der Waals surface area (Å²) in [5.74, 6) is -2.39. The summed E-state index contributed by atoms with van der Waals surface area (Å²) < 4.78 is 50.9. The van der Waals surface area contributed by atoms with Crippen LogP contribution in [0.3, 0.4) is 0 Å². The number of amides is 1. The fourth-order valence-electron chi connectivity index (χ4n) is 2.37. The fraction of sp³-hybridized carbons (Fsp3) is 0.462. The molecule has 7 heteroatoms. The lowest BCUT2D eigenvalue weighted by Crippen LogP contribution is -2.47. The van der Waals surface area contributed by atoms with E-state index in [1.165, 1.54) is 25.1 Å². The van der Waals surface area contributed by atoms with Crippen molar-refractivity contribution in [1.82, 2.24) is 4.90 Å². The van der Waals surface area contributed by atoms with Crippen LogP contribution in [0.2, 0.25) is 0 Å². The van der Waals surface area contributed by atoms with Crippen LogP contribution in [0.15, 0.2) is 18.2 Å². The standard InChI is InChI=1S/C13H12ClF4NO/c1-7-11(14)10-3-2-9(15)6-8(10)4-5-19(7)12(20)13(16,17)18/h2-3,6-7,11H,4-5H2,1H3/t7?,11-/m1/s1. The molecule has 1 heterocycles. The summed E-state index contributed by atoms with van der Waals surface area (Å²) in [5.41, 5.74) is 1.10. The molecule has 1 aliphatic heterocycles. The number of hydrogen-bond donors (Lipinski definition) is 0. The van der Waals surface area contributed by atoms with E-state index in [1.807, 2.05) is 0 Å². The van der Waals surface area contributed by atoms with Gasteiger partial charge in [0.05, 0.1) is 5.38 Å². The zero-order valence-corrected chi connectivity index (χ0v) is 11.3. The van der Waals surface area contributed by atoms with Crippen molar-refractivity contribution in [3.63, 3.8) is 0 Å². The number of halogens is 5. The van der Waals surface area contributed by atoms with Gasteiger partial charge in [0.25, 0.3) is 0 Å². The van der Waals surface area contributed by atoms with Crippen LogP contribution >= 0.6 is 11.6 Å². The second kappa shape index (κ2) is 5.24. The normalized spacial score (nSPS) is 23.2. The van der Waals surface area contributed by atoms with Gasteiger partial charge >= 0.3 is 12.1 Å².